The number of pyridine rings is 1. The van der Waals surface area contributed by atoms with Gasteiger partial charge < -0.3 is 9.88 Å². The van der Waals surface area contributed by atoms with Crippen LogP contribution in [0.5, 0.6) is 0 Å². The lowest BCUT2D eigenvalue weighted by Crippen LogP contribution is -2.00. The number of imidazole rings is 1. The number of aromatic nitrogens is 3. The maximum absolute atomic E-state index is 4.76. The number of nitrogens with zero attached hydrogens (tertiary/aromatic N) is 3. The van der Waals surface area contributed by atoms with E-state index in [0.717, 1.165) is 36.6 Å². The first kappa shape index (κ1) is 11.6. The van der Waals surface area contributed by atoms with Gasteiger partial charge in [-0.15, -0.1) is 0 Å². The third-order valence-corrected chi connectivity index (χ3v) is 3.92. The second-order valence-corrected chi connectivity index (χ2v) is 5.11. The zero-order valence-electron chi connectivity index (χ0n) is 11.4. The van der Waals surface area contributed by atoms with Gasteiger partial charge in [0, 0.05) is 31.4 Å². The van der Waals surface area contributed by atoms with Gasteiger partial charge in [0.2, 0.25) is 0 Å². The van der Waals surface area contributed by atoms with Gasteiger partial charge in [-0.1, -0.05) is 12.1 Å². The number of hydrogen-bond acceptors (Lipinski definition) is 3. The predicted molar refractivity (Wildman–Crippen MR) is 79.2 cm³/mol. The number of nitrogens with one attached hydrogen (secondary N) is 1. The molecule has 1 aromatic carbocycles. The van der Waals surface area contributed by atoms with Gasteiger partial charge in [-0.25, -0.2) is 9.97 Å². The summed E-state index contributed by atoms with van der Waals surface area (Å²) >= 11 is 0. The van der Waals surface area contributed by atoms with Gasteiger partial charge in [-0.3, -0.25) is 0 Å². The third-order valence-electron chi connectivity index (χ3n) is 3.92. The Morgan fingerprint density at radius 3 is 3.00 bits per heavy atom. The molecule has 2 aromatic heterocycles. The van der Waals surface area contributed by atoms with Crippen LogP contribution in [0.3, 0.4) is 0 Å². The van der Waals surface area contributed by atoms with E-state index in [2.05, 4.69) is 40.0 Å². The zero-order chi connectivity index (χ0) is 13.5. The van der Waals surface area contributed by atoms with Gasteiger partial charge >= 0.3 is 0 Å². The Kier molecular flexibility index (Phi) is 2.57. The molecule has 3 heterocycles. The molecule has 0 saturated heterocycles. The van der Waals surface area contributed by atoms with E-state index in [0.29, 0.717) is 0 Å². The molecule has 0 radical (unpaired) electrons. The van der Waals surface area contributed by atoms with E-state index in [-0.39, 0.29) is 0 Å². The molecule has 0 atom stereocenters. The molecule has 0 aliphatic carbocycles. The van der Waals surface area contributed by atoms with Crippen LogP contribution in [0.15, 0.2) is 36.5 Å². The molecule has 0 bridgehead atoms. The van der Waals surface area contributed by atoms with Crippen LogP contribution in [0.25, 0.3) is 22.6 Å². The number of aryl methyl sites for hydroxylation is 1. The molecular weight excluding hydrogens is 248 g/mol. The molecule has 4 nitrogen and oxygen atoms in total. The second-order valence-electron chi connectivity index (χ2n) is 5.11. The highest BCUT2D eigenvalue weighted by atomic mass is 15.1. The van der Waals surface area contributed by atoms with Crippen molar-refractivity contribution in [1.82, 2.24) is 19.9 Å². The SMILES string of the molecule is CCn1c(-c2ccc3c(c2)CNC3)nc2cccnc21. The first-order valence-corrected chi connectivity index (χ1v) is 7.01. The molecule has 1 aliphatic heterocycles. The van der Waals surface area contributed by atoms with Crippen molar-refractivity contribution in [2.45, 2.75) is 26.6 Å². The second kappa shape index (κ2) is 4.42. The highest BCUT2D eigenvalue weighted by Gasteiger charge is 2.15. The Labute approximate surface area is 117 Å². The van der Waals surface area contributed by atoms with Gasteiger partial charge in [0.25, 0.3) is 0 Å². The van der Waals surface area contributed by atoms with Crippen molar-refractivity contribution in [1.29, 1.82) is 0 Å². The first-order valence-electron chi connectivity index (χ1n) is 7.01. The van der Waals surface area contributed by atoms with E-state index in [1.54, 1.807) is 0 Å². The van der Waals surface area contributed by atoms with Crippen molar-refractivity contribution < 1.29 is 0 Å². The summed E-state index contributed by atoms with van der Waals surface area (Å²) in [7, 11) is 0. The maximum Gasteiger partial charge on any atom is 0.160 e. The Bertz CT molecular complexity index is 788. The minimum absolute atomic E-state index is 0.873. The summed E-state index contributed by atoms with van der Waals surface area (Å²) in [4.78, 5) is 9.22. The lowest BCUT2D eigenvalue weighted by atomic mass is 10.1. The summed E-state index contributed by atoms with van der Waals surface area (Å²) < 4.78 is 2.18. The highest BCUT2D eigenvalue weighted by molar-refractivity contribution is 5.77. The molecule has 3 aromatic rings. The number of benzene rings is 1. The number of rotatable bonds is 2. The Morgan fingerprint density at radius 1 is 1.20 bits per heavy atom. The van der Waals surface area contributed by atoms with Gasteiger partial charge in [0.05, 0.1) is 0 Å². The standard InChI is InChI=1S/C16H16N4/c1-2-20-15(19-14-4-3-7-18-16(14)20)11-5-6-12-9-17-10-13(12)8-11/h3-8,17H,2,9-10H2,1H3. The number of fused-ring (bicyclic) bond motifs is 2. The fraction of sp³-hybridized carbons (Fsp3) is 0.250. The lowest BCUT2D eigenvalue weighted by molar-refractivity contribution is 0.764. The monoisotopic (exact) mass is 264 g/mol. The van der Waals surface area contributed by atoms with Crippen molar-refractivity contribution in [3.63, 3.8) is 0 Å². The van der Waals surface area contributed by atoms with E-state index in [1.165, 1.54) is 16.7 Å². The lowest BCUT2D eigenvalue weighted by Gasteiger charge is -2.07. The summed E-state index contributed by atoms with van der Waals surface area (Å²) in [5.41, 5.74) is 5.87. The Balaban J connectivity index is 1.93. The Morgan fingerprint density at radius 2 is 2.10 bits per heavy atom. The molecule has 1 N–H and O–H groups in total. The maximum atomic E-state index is 4.76. The smallest absolute Gasteiger partial charge is 0.160 e. The summed E-state index contributed by atoms with van der Waals surface area (Å²) in [6.07, 6.45) is 1.83. The Hall–Kier alpha value is -2.20. The van der Waals surface area contributed by atoms with Crippen molar-refractivity contribution >= 4 is 11.2 Å². The van der Waals surface area contributed by atoms with E-state index in [1.807, 2.05) is 18.3 Å². The molecule has 0 saturated carbocycles. The van der Waals surface area contributed by atoms with Crippen LogP contribution >= 0.6 is 0 Å². The van der Waals surface area contributed by atoms with Gasteiger partial charge in [0.1, 0.15) is 11.3 Å². The van der Waals surface area contributed by atoms with Crippen LogP contribution in [0.1, 0.15) is 18.1 Å². The molecule has 4 rings (SSSR count). The molecule has 100 valence electrons. The summed E-state index contributed by atoms with van der Waals surface area (Å²) in [6.45, 7) is 4.93. The quantitative estimate of drug-likeness (QED) is 0.774. The number of hydrogen-bond donors (Lipinski definition) is 1. The molecule has 0 amide bonds. The molecule has 0 spiro atoms. The van der Waals surface area contributed by atoms with E-state index in [4.69, 9.17) is 4.98 Å². The first-order chi connectivity index (χ1) is 9.86. The van der Waals surface area contributed by atoms with Crippen molar-refractivity contribution in [3.05, 3.63) is 47.7 Å². The zero-order valence-corrected chi connectivity index (χ0v) is 11.4. The van der Waals surface area contributed by atoms with Crippen molar-refractivity contribution in [2.24, 2.45) is 0 Å². The van der Waals surface area contributed by atoms with Crippen LogP contribution in [0, 0.1) is 0 Å². The minimum atomic E-state index is 0.873. The van der Waals surface area contributed by atoms with Crippen LogP contribution in [0.4, 0.5) is 0 Å². The average Bonchev–Trinajstić information content (AvgIpc) is 3.10. The van der Waals surface area contributed by atoms with Crippen LogP contribution < -0.4 is 5.32 Å². The average molecular weight is 264 g/mol. The van der Waals surface area contributed by atoms with E-state index in [9.17, 15) is 0 Å². The van der Waals surface area contributed by atoms with Crippen LogP contribution in [-0.2, 0) is 19.6 Å². The van der Waals surface area contributed by atoms with E-state index >= 15 is 0 Å². The summed E-state index contributed by atoms with van der Waals surface area (Å²) in [6, 6.07) is 10.6. The summed E-state index contributed by atoms with van der Waals surface area (Å²) in [5.74, 6) is 1.01. The largest absolute Gasteiger partial charge is 0.309 e. The fourth-order valence-corrected chi connectivity index (χ4v) is 2.91. The van der Waals surface area contributed by atoms with E-state index < -0.39 is 0 Å². The fourth-order valence-electron chi connectivity index (χ4n) is 2.91. The third kappa shape index (κ3) is 1.65. The van der Waals surface area contributed by atoms with Crippen molar-refractivity contribution in [3.8, 4) is 11.4 Å². The highest BCUT2D eigenvalue weighted by Crippen LogP contribution is 2.27. The normalized spacial score (nSPS) is 13.8. The molecule has 1 aliphatic rings. The van der Waals surface area contributed by atoms with Gasteiger partial charge in [-0.05, 0) is 36.2 Å². The van der Waals surface area contributed by atoms with Gasteiger partial charge in [0.15, 0.2) is 5.65 Å². The topological polar surface area (TPSA) is 42.7 Å². The minimum Gasteiger partial charge on any atom is -0.309 e. The van der Waals surface area contributed by atoms with Crippen LogP contribution in [0.2, 0.25) is 0 Å². The predicted octanol–water partition coefficient (Wildman–Crippen LogP) is 2.72. The molecule has 4 heteroatoms. The van der Waals surface area contributed by atoms with Crippen LogP contribution in [-0.4, -0.2) is 14.5 Å². The molecule has 0 fully saturated rings. The molecule has 20 heavy (non-hydrogen) atoms. The summed E-state index contributed by atoms with van der Waals surface area (Å²) in [5, 5.41) is 3.38. The van der Waals surface area contributed by atoms with Crippen molar-refractivity contribution in [2.75, 3.05) is 0 Å². The molecular formula is C16H16N4. The van der Waals surface area contributed by atoms with Gasteiger partial charge in [-0.2, -0.15) is 0 Å². The molecule has 0 unspecified atom stereocenters.